The van der Waals surface area contributed by atoms with Crippen molar-refractivity contribution in [3.05, 3.63) is 29.8 Å². The van der Waals surface area contributed by atoms with E-state index in [1.807, 2.05) is 24.3 Å². The van der Waals surface area contributed by atoms with Crippen molar-refractivity contribution in [2.24, 2.45) is 0 Å². The molecule has 0 amide bonds. The Morgan fingerprint density at radius 1 is 1.30 bits per heavy atom. The molecule has 0 bridgehead atoms. The first kappa shape index (κ1) is 7.38. The summed E-state index contributed by atoms with van der Waals surface area (Å²) in [6.07, 6.45) is 0.521. The number of nitriles is 1. The maximum atomic E-state index is 8.34. The van der Waals surface area contributed by atoms with Gasteiger partial charge in [-0.1, -0.05) is 0 Å². The SMILES string of the molecule is N#CCc1ccc([AsH2])cc1. The topological polar surface area (TPSA) is 23.8 Å². The van der Waals surface area contributed by atoms with Crippen LogP contribution in [0.2, 0.25) is 0 Å². The molecule has 0 aliphatic heterocycles. The van der Waals surface area contributed by atoms with E-state index in [2.05, 4.69) is 6.07 Å². The molecule has 0 aromatic heterocycles. The molecule has 0 saturated carbocycles. The second-order valence-corrected chi connectivity index (χ2v) is 3.48. The van der Waals surface area contributed by atoms with Crippen LogP contribution in [-0.2, 0) is 6.42 Å². The third kappa shape index (κ3) is 1.90. The first-order valence-electron chi connectivity index (χ1n) is 3.04. The molecule has 0 saturated heterocycles. The summed E-state index contributed by atoms with van der Waals surface area (Å²) in [6, 6.07) is 10.2. The van der Waals surface area contributed by atoms with Gasteiger partial charge in [-0.05, 0) is 0 Å². The molecule has 0 heterocycles. The molecule has 50 valence electrons. The summed E-state index contributed by atoms with van der Waals surface area (Å²) in [6.45, 7) is 0. The normalized spacial score (nSPS) is 8.80. The zero-order valence-electron chi connectivity index (χ0n) is 5.54. The van der Waals surface area contributed by atoms with E-state index in [0.29, 0.717) is 6.42 Å². The van der Waals surface area contributed by atoms with E-state index in [0.717, 1.165) is 5.56 Å². The van der Waals surface area contributed by atoms with Crippen LogP contribution in [0, 0.1) is 11.3 Å². The molecule has 0 N–H and O–H groups in total. The molecule has 2 heteroatoms. The van der Waals surface area contributed by atoms with Gasteiger partial charge in [0, 0.05) is 0 Å². The Bertz CT molecular complexity index is 245. The van der Waals surface area contributed by atoms with Crippen LogP contribution in [0.1, 0.15) is 5.56 Å². The van der Waals surface area contributed by atoms with Crippen LogP contribution in [0.15, 0.2) is 24.3 Å². The summed E-state index contributed by atoms with van der Waals surface area (Å²) in [5.74, 6) is 0. The molecule has 1 rings (SSSR count). The minimum absolute atomic E-state index is 0.521. The molecular weight excluding hydrogens is 185 g/mol. The Balaban J connectivity index is 2.81. The number of hydrogen-bond acceptors (Lipinski definition) is 1. The quantitative estimate of drug-likeness (QED) is 0.576. The van der Waals surface area contributed by atoms with E-state index in [1.165, 1.54) is 4.35 Å². The molecule has 1 unspecified atom stereocenters. The molecule has 0 spiro atoms. The first-order chi connectivity index (χ1) is 4.83. The predicted octanol–water partition coefficient (Wildman–Crippen LogP) is 0.0111. The first-order valence-corrected chi connectivity index (χ1v) is 4.25. The molecule has 10 heavy (non-hydrogen) atoms. The second-order valence-electron chi connectivity index (χ2n) is 2.08. The Morgan fingerprint density at radius 2 is 1.90 bits per heavy atom. The molecule has 1 nitrogen and oxygen atoms in total. The Hall–Kier alpha value is -0.732. The molecule has 0 radical (unpaired) electrons. The van der Waals surface area contributed by atoms with Gasteiger partial charge in [0.25, 0.3) is 0 Å². The van der Waals surface area contributed by atoms with E-state index in [1.54, 1.807) is 16.9 Å². The van der Waals surface area contributed by atoms with Gasteiger partial charge in [-0.25, -0.2) is 0 Å². The van der Waals surface area contributed by atoms with Gasteiger partial charge >= 0.3 is 68.8 Å². The number of nitrogens with zero attached hydrogens (tertiary/aromatic N) is 1. The van der Waals surface area contributed by atoms with Crippen LogP contribution in [0.3, 0.4) is 0 Å². The molecule has 1 aromatic rings. The van der Waals surface area contributed by atoms with Gasteiger partial charge in [-0.15, -0.1) is 0 Å². The summed E-state index contributed by atoms with van der Waals surface area (Å²) in [4.78, 5) is 0. The van der Waals surface area contributed by atoms with Crippen LogP contribution >= 0.6 is 0 Å². The van der Waals surface area contributed by atoms with Crippen LogP contribution in [-0.4, -0.2) is 16.9 Å². The van der Waals surface area contributed by atoms with Crippen LogP contribution < -0.4 is 4.35 Å². The van der Waals surface area contributed by atoms with Gasteiger partial charge in [-0.3, -0.25) is 0 Å². The molecular formula is C8H8AsN. The fraction of sp³-hybridized carbons (Fsp3) is 0.125. The summed E-state index contributed by atoms with van der Waals surface area (Å²) < 4.78 is 1.30. The maximum absolute atomic E-state index is 8.34. The standard InChI is InChI=1S/C8H8AsN/c9-8-3-1-7(2-4-8)5-6-10/h1-4H,5,9H2. The molecule has 1 aromatic carbocycles. The fourth-order valence-electron chi connectivity index (χ4n) is 0.727. The Labute approximate surface area is 69.2 Å². The molecule has 0 fully saturated rings. The fourth-order valence-corrected chi connectivity index (χ4v) is 1.13. The van der Waals surface area contributed by atoms with E-state index in [4.69, 9.17) is 5.26 Å². The summed E-state index contributed by atoms with van der Waals surface area (Å²) in [7, 11) is 0. The van der Waals surface area contributed by atoms with Gasteiger partial charge in [0.05, 0.1) is 0 Å². The Kier molecular flexibility index (Phi) is 2.54. The van der Waals surface area contributed by atoms with Crippen molar-refractivity contribution < 1.29 is 0 Å². The van der Waals surface area contributed by atoms with Gasteiger partial charge in [0.15, 0.2) is 0 Å². The number of benzene rings is 1. The van der Waals surface area contributed by atoms with Gasteiger partial charge in [-0.2, -0.15) is 0 Å². The van der Waals surface area contributed by atoms with E-state index >= 15 is 0 Å². The van der Waals surface area contributed by atoms with Crippen molar-refractivity contribution in [2.75, 3.05) is 0 Å². The van der Waals surface area contributed by atoms with Crippen LogP contribution in [0.5, 0.6) is 0 Å². The van der Waals surface area contributed by atoms with Crippen molar-refractivity contribution in [1.29, 1.82) is 5.26 Å². The van der Waals surface area contributed by atoms with Gasteiger partial charge in [0.1, 0.15) is 0 Å². The molecule has 0 aliphatic carbocycles. The number of rotatable bonds is 1. The van der Waals surface area contributed by atoms with Gasteiger partial charge in [0.2, 0.25) is 0 Å². The van der Waals surface area contributed by atoms with E-state index in [-0.39, 0.29) is 0 Å². The molecule has 0 aliphatic rings. The summed E-state index contributed by atoms with van der Waals surface area (Å²) in [5, 5.41) is 8.34. The van der Waals surface area contributed by atoms with Crippen molar-refractivity contribution >= 4 is 21.2 Å². The predicted molar refractivity (Wildman–Crippen MR) is 43.9 cm³/mol. The average molecular weight is 193 g/mol. The summed E-state index contributed by atoms with van der Waals surface area (Å²) in [5.41, 5.74) is 1.10. The van der Waals surface area contributed by atoms with Crippen molar-refractivity contribution in [3.63, 3.8) is 0 Å². The Morgan fingerprint density at radius 3 is 2.40 bits per heavy atom. The van der Waals surface area contributed by atoms with Crippen LogP contribution in [0.4, 0.5) is 0 Å². The van der Waals surface area contributed by atoms with Crippen molar-refractivity contribution in [1.82, 2.24) is 0 Å². The number of hydrogen-bond donors (Lipinski definition) is 0. The second kappa shape index (κ2) is 3.44. The van der Waals surface area contributed by atoms with Crippen molar-refractivity contribution in [2.45, 2.75) is 6.42 Å². The summed E-state index contributed by atoms with van der Waals surface area (Å²) >= 11 is 1.61. The molecule has 1 atom stereocenters. The van der Waals surface area contributed by atoms with Gasteiger partial charge < -0.3 is 0 Å². The zero-order chi connectivity index (χ0) is 7.40. The van der Waals surface area contributed by atoms with Crippen LogP contribution in [0.25, 0.3) is 0 Å². The zero-order valence-corrected chi connectivity index (χ0v) is 7.96. The minimum atomic E-state index is 0.521. The van der Waals surface area contributed by atoms with E-state index in [9.17, 15) is 0 Å². The third-order valence-electron chi connectivity index (χ3n) is 1.26. The average Bonchev–Trinajstić information content (AvgIpc) is 1.95. The van der Waals surface area contributed by atoms with Crippen molar-refractivity contribution in [3.8, 4) is 6.07 Å². The van der Waals surface area contributed by atoms with E-state index < -0.39 is 0 Å². The monoisotopic (exact) mass is 193 g/mol. The third-order valence-corrected chi connectivity index (χ3v) is 2.07.